The van der Waals surface area contributed by atoms with Crippen molar-refractivity contribution in [2.75, 3.05) is 11.8 Å². The Morgan fingerprint density at radius 3 is 2.32 bits per heavy atom. The molecule has 7 heteroatoms. The van der Waals surface area contributed by atoms with Crippen LogP contribution in [-0.4, -0.2) is 21.4 Å². The second-order valence-electron chi connectivity index (χ2n) is 6.03. The third-order valence-corrected chi connectivity index (χ3v) is 5.44. The van der Waals surface area contributed by atoms with Crippen LogP contribution in [0.2, 0.25) is 0 Å². The molecule has 1 amide bonds. The minimum atomic E-state index is -3.66. The first kappa shape index (κ1) is 19.4. The Morgan fingerprint density at radius 1 is 0.929 bits per heavy atom. The Labute approximate surface area is 164 Å². The summed E-state index contributed by atoms with van der Waals surface area (Å²) in [4.78, 5) is 12.5. The molecule has 2 N–H and O–H groups in total. The number of amides is 1. The summed E-state index contributed by atoms with van der Waals surface area (Å²) in [6.07, 6.45) is 0. The number of anilines is 1. The highest BCUT2D eigenvalue weighted by Gasteiger charge is 2.14. The molecule has 0 aromatic heterocycles. The fourth-order valence-electron chi connectivity index (χ4n) is 2.57. The summed E-state index contributed by atoms with van der Waals surface area (Å²) < 4.78 is 32.3. The van der Waals surface area contributed by atoms with Gasteiger partial charge >= 0.3 is 0 Å². The van der Waals surface area contributed by atoms with Gasteiger partial charge in [0.1, 0.15) is 5.75 Å². The number of hydrogen-bond acceptors (Lipinski definition) is 4. The van der Waals surface area contributed by atoms with Crippen LogP contribution in [0, 0.1) is 0 Å². The summed E-state index contributed by atoms with van der Waals surface area (Å²) in [6.45, 7) is 0.360. The largest absolute Gasteiger partial charge is 0.497 e. The standard InChI is InChI=1S/C21H20N2O4S/c1-27-19-7-5-6-16(14-19)15-22-21(24)17-10-12-18(13-11-17)23-28(25,26)20-8-3-2-4-9-20/h2-14,23H,15H2,1H3,(H,22,24). The average Bonchev–Trinajstić information content (AvgIpc) is 2.73. The van der Waals surface area contributed by atoms with Gasteiger partial charge in [0.2, 0.25) is 0 Å². The van der Waals surface area contributed by atoms with Crippen LogP contribution in [0.4, 0.5) is 5.69 Å². The molecule has 0 atom stereocenters. The topological polar surface area (TPSA) is 84.5 Å². The van der Waals surface area contributed by atoms with E-state index in [2.05, 4.69) is 10.0 Å². The van der Waals surface area contributed by atoms with Gasteiger partial charge in [-0.05, 0) is 54.1 Å². The molecule has 3 rings (SSSR count). The molecule has 0 fully saturated rings. The first-order chi connectivity index (χ1) is 13.5. The zero-order valence-corrected chi connectivity index (χ0v) is 16.1. The Balaban J connectivity index is 1.62. The summed E-state index contributed by atoms with van der Waals surface area (Å²) in [5.74, 6) is 0.474. The molecule has 0 aliphatic rings. The molecule has 28 heavy (non-hydrogen) atoms. The molecule has 0 bridgehead atoms. The fourth-order valence-corrected chi connectivity index (χ4v) is 3.65. The van der Waals surface area contributed by atoms with E-state index in [9.17, 15) is 13.2 Å². The highest BCUT2D eigenvalue weighted by Crippen LogP contribution is 2.17. The maximum absolute atomic E-state index is 12.3. The predicted octanol–water partition coefficient (Wildman–Crippen LogP) is 3.43. The number of nitrogens with one attached hydrogen (secondary N) is 2. The van der Waals surface area contributed by atoms with Crippen LogP contribution in [0.1, 0.15) is 15.9 Å². The summed E-state index contributed by atoms with van der Waals surface area (Å²) >= 11 is 0. The van der Waals surface area contributed by atoms with Crippen molar-refractivity contribution in [3.05, 3.63) is 90.0 Å². The van der Waals surface area contributed by atoms with E-state index in [-0.39, 0.29) is 10.8 Å². The van der Waals surface area contributed by atoms with Gasteiger partial charge in [-0.25, -0.2) is 8.42 Å². The summed E-state index contributed by atoms with van der Waals surface area (Å²) in [5, 5.41) is 2.83. The van der Waals surface area contributed by atoms with Crippen LogP contribution in [0.15, 0.2) is 83.8 Å². The highest BCUT2D eigenvalue weighted by atomic mass is 32.2. The molecule has 0 saturated carbocycles. The first-order valence-corrected chi connectivity index (χ1v) is 10.1. The van der Waals surface area contributed by atoms with Crippen LogP contribution >= 0.6 is 0 Å². The number of sulfonamides is 1. The van der Waals surface area contributed by atoms with E-state index in [1.807, 2.05) is 24.3 Å². The number of carbonyl (C=O) groups excluding carboxylic acids is 1. The zero-order chi connectivity index (χ0) is 20.0. The molecular weight excluding hydrogens is 376 g/mol. The monoisotopic (exact) mass is 396 g/mol. The molecule has 0 unspecified atom stereocenters. The molecule has 144 valence electrons. The third-order valence-electron chi connectivity index (χ3n) is 4.04. The van der Waals surface area contributed by atoms with Gasteiger partial charge < -0.3 is 10.1 Å². The van der Waals surface area contributed by atoms with E-state index in [0.29, 0.717) is 17.8 Å². The normalized spacial score (nSPS) is 10.9. The smallest absolute Gasteiger partial charge is 0.261 e. The van der Waals surface area contributed by atoms with Crippen LogP contribution in [0.5, 0.6) is 5.75 Å². The molecule has 0 spiro atoms. The Kier molecular flexibility index (Phi) is 5.96. The maximum Gasteiger partial charge on any atom is 0.261 e. The minimum absolute atomic E-state index is 0.176. The van der Waals surface area contributed by atoms with Crippen molar-refractivity contribution in [1.29, 1.82) is 0 Å². The van der Waals surface area contributed by atoms with E-state index < -0.39 is 10.0 Å². The van der Waals surface area contributed by atoms with Crippen molar-refractivity contribution in [3.8, 4) is 5.75 Å². The Morgan fingerprint density at radius 2 is 1.64 bits per heavy atom. The van der Waals surface area contributed by atoms with Crippen molar-refractivity contribution in [2.24, 2.45) is 0 Å². The minimum Gasteiger partial charge on any atom is -0.497 e. The Hall–Kier alpha value is -3.32. The van der Waals surface area contributed by atoms with Crippen LogP contribution < -0.4 is 14.8 Å². The summed E-state index contributed by atoms with van der Waals surface area (Å²) in [7, 11) is -2.07. The van der Waals surface area contributed by atoms with Gasteiger partial charge in [0.05, 0.1) is 12.0 Å². The van der Waals surface area contributed by atoms with Crippen molar-refractivity contribution in [3.63, 3.8) is 0 Å². The average molecular weight is 396 g/mol. The van der Waals surface area contributed by atoms with Gasteiger partial charge in [-0.1, -0.05) is 30.3 Å². The van der Waals surface area contributed by atoms with Crippen LogP contribution in [-0.2, 0) is 16.6 Å². The molecule has 0 aliphatic carbocycles. The lowest BCUT2D eigenvalue weighted by molar-refractivity contribution is 0.0951. The third kappa shape index (κ3) is 4.89. The molecule has 3 aromatic rings. The number of rotatable bonds is 7. The van der Waals surface area contributed by atoms with Gasteiger partial charge in [0, 0.05) is 17.8 Å². The van der Waals surface area contributed by atoms with Crippen molar-refractivity contribution >= 4 is 21.6 Å². The lowest BCUT2D eigenvalue weighted by Gasteiger charge is -2.10. The number of benzene rings is 3. The molecule has 3 aromatic carbocycles. The fraction of sp³-hybridized carbons (Fsp3) is 0.0952. The highest BCUT2D eigenvalue weighted by molar-refractivity contribution is 7.92. The van der Waals surface area contributed by atoms with Crippen molar-refractivity contribution in [2.45, 2.75) is 11.4 Å². The van der Waals surface area contributed by atoms with E-state index >= 15 is 0 Å². The second-order valence-corrected chi connectivity index (χ2v) is 7.71. The van der Waals surface area contributed by atoms with Gasteiger partial charge in [-0.3, -0.25) is 9.52 Å². The lowest BCUT2D eigenvalue weighted by atomic mass is 10.1. The summed E-state index contributed by atoms with van der Waals surface area (Å²) in [6, 6.07) is 21.8. The van der Waals surface area contributed by atoms with Gasteiger partial charge in [-0.15, -0.1) is 0 Å². The molecule has 0 heterocycles. The molecule has 0 saturated heterocycles. The van der Waals surface area contributed by atoms with Gasteiger partial charge in [-0.2, -0.15) is 0 Å². The molecule has 6 nitrogen and oxygen atoms in total. The van der Waals surface area contributed by atoms with E-state index in [4.69, 9.17) is 4.74 Å². The number of ether oxygens (including phenoxy) is 1. The first-order valence-electron chi connectivity index (χ1n) is 8.57. The lowest BCUT2D eigenvalue weighted by Crippen LogP contribution is -2.22. The van der Waals surface area contributed by atoms with E-state index in [1.54, 1.807) is 49.6 Å². The number of methoxy groups -OCH3 is 1. The molecule has 0 aliphatic heterocycles. The summed E-state index contributed by atoms with van der Waals surface area (Å²) in [5.41, 5.74) is 1.73. The van der Waals surface area contributed by atoms with Crippen LogP contribution in [0.3, 0.4) is 0 Å². The number of carbonyl (C=O) groups is 1. The zero-order valence-electron chi connectivity index (χ0n) is 15.3. The number of hydrogen-bond donors (Lipinski definition) is 2. The van der Waals surface area contributed by atoms with Crippen LogP contribution in [0.25, 0.3) is 0 Å². The SMILES string of the molecule is COc1cccc(CNC(=O)c2ccc(NS(=O)(=O)c3ccccc3)cc2)c1. The quantitative estimate of drug-likeness (QED) is 0.641. The van der Waals surface area contributed by atoms with E-state index in [1.165, 1.54) is 12.1 Å². The van der Waals surface area contributed by atoms with Gasteiger partial charge in [0.15, 0.2) is 0 Å². The van der Waals surface area contributed by atoms with Crippen molar-refractivity contribution < 1.29 is 17.9 Å². The van der Waals surface area contributed by atoms with Gasteiger partial charge in [0.25, 0.3) is 15.9 Å². The molecular formula is C21H20N2O4S. The maximum atomic E-state index is 12.3. The second kappa shape index (κ2) is 8.58. The Bertz CT molecular complexity index is 1050. The van der Waals surface area contributed by atoms with E-state index in [0.717, 1.165) is 11.3 Å². The molecule has 0 radical (unpaired) electrons. The predicted molar refractivity (Wildman–Crippen MR) is 108 cm³/mol. The van der Waals surface area contributed by atoms with Crippen molar-refractivity contribution in [1.82, 2.24) is 5.32 Å².